The first-order chi connectivity index (χ1) is 14.6. The molecule has 0 N–H and O–H groups in total. The van der Waals surface area contributed by atoms with E-state index < -0.39 is 12.1 Å². The van der Waals surface area contributed by atoms with Crippen molar-refractivity contribution < 1.29 is 4.43 Å². The molecule has 0 bridgehead atoms. The summed E-state index contributed by atoms with van der Waals surface area (Å²) in [5, 5.41) is 2.67. The second-order valence-electron chi connectivity index (χ2n) is 9.58. The van der Waals surface area contributed by atoms with E-state index in [9.17, 15) is 0 Å². The maximum absolute atomic E-state index is 7.32. The molecule has 2 aromatic rings. The highest BCUT2D eigenvalue weighted by atomic mass is 35.6. The van der Waals surface area contributed by atoms with Crippen molar-refractivity contribution in [1.29, 1.82) is 0 Å². The Kier molecular flexibility index (Phi) is 8.37. The first kappa shape index (κ1) is 24.9. The lowest BCUT2D eigenvalue weighted by Gasteiger charge is -2.46. The number of hydrogen-bond acceptors (Lipinski definition) is 1. The molecule has 168 valence electrons. The quantitative estimate of drug-likeness (QED) is 0.230. The highest BCUT2D eigenvalue weighted by molar-refractivity contribution is 6.99. The third-order valence-corrected chi connectivity index (χ3v) is 11.7. The van der Waals surface area contributed by atoms with Crippen molar-refractivity contribution in [3.05, 3.63) is 72.8 Å². The predicted octanol–water partition coefficient (Wildman–Crippen LogP) is 7.44. The average molecular weight is 496 g/mol. The number of halogens is 3. The van der Waals surface area contributed by atoms with Gasteiger partial charge in [0.2, 0.25) is 0 Å². The molecule has 0 heterocycles. The monoisotopic (exact) mass is 494 g/mol. The maximum Gasteiger partial charge on any atom is 0.261 e. The van der Waals surface area contributed by atoms with Gasteiger partial charge in [-0.2, -0.15) is 0 Å². The first-order valence-electron chi connectivity index (χ1n) is 11.1. The fourth-order valence-corrected chi connectivity index (χ4v) is 9.79. The summed E-state index contributed by atoms with van der Waals surface area (Å²) >= 11 is 17.7. The number of alkyl halides is 3. The summed E-state index contributed by atoms with van der Waals surface area (Å²) in [5.74, 6) is 0.462. The largest absolute Gasteiger partial charge is 0.404 e. The first-order valence-corrected chi connectivity index (χ1v) is 14.2. The summed E-state index contributed by atoms with van der Waals surface area (Å²) in [5.41, 5.74) is 0. The number of hydrogen-bond donors (Lipinski definition) is 0. The van der Waals surface area contributed by atoms with Crippen LogP contribution in [0.5, 0.6) is 0 Å². The Bertz CT molecular complexity index is 801. The molecular weight excluding hydrogens is 463 g/mol. The second-order valence-corrected chi connectivity index (χ2v) is 16.3. The molecule has 0 saturated heterocycles. The van der Waals surface area contributed by atoms with E-state index in [1.54, 1.807) is 0 Å². The Balaban J connectivity index is 1.92. The van der Waals surface area contributed by atoms with Gasteiger partial charge in [0.15, 0.2) is 3.79 Å². The van der Waals surface area contributed by atoms with Crippen LogP contribution in [0.25, 0.3) is 0 Å². The molecule has 0 aliphatic heterocycles. The molecule has 2 aromatic carbocycles. The highest BCUT2D eigenvalue weighted by Crippen LogP contribution is 2.40. The lowest BCUT2D eigenvalue weighted by atomic mass is 9.87. The van der Waals surface area contributed by atoms with Gasteiger partial charge in [-0.1, -0.05) is 135 Å². The van der Waals surface area contributed by atoms with Crippen LogP contribution in [0.4, 0.5) is 0 Å². The van der Waals surface area contributed by atoms with Crippen LogP contribution in [0.15, 0.2) is 72.8 Å². The van der Waals surface area contributed by atoms with Crippen molar-refractivity contribution in [1.82, 2.24) is 0 Å². The fourth-order valence-electron chi connectivity index (χ4n) is 4.80. The molecule has 5 heteroatoms. The van der Waals surface area contributed by atoms with Gasteiger partial charge in [-0.15, -0.1) is 0 Å². The van der Waals surface area contributed by atoms with Crippen molar-refractivity contribution in [3.63, 3.8) is 0 Å². The molecule has 0 spiro atoms. The van der Waals surface area contributed by atoms with E-state index in [1.165, 1.54) is 10.4 Å². The second kappa shape index (κ2) is 10.4. The Morgan fingerprint density at radius 2 is 1.45 bits per heavy atom. The van der Waals surface area contributed by atoms with Crippen LogP contribution >= 0.6 is 34.8 Å². The zero-order chi connectivity index (χ0) is 22.5. The molecule has 0 aromatic heterocycles. The van der Waals surface area contributed by atoms with Gasteiger partial charge < -0.3 is 4.43 Å². The van der Waals surface area contributed by atoms with Crippen molar-refractivity contribution in [2.45, 2.75) is 67.8 Å². The highest BCUT2D eigenvalue weighted by Gasteiger charge is 2.51. The minimum Gasteiger partial charge on any atom is -0.404 e. The van der Waals surface area contributed by atoms with Gasteiger partial charge in [-0.3, -0.25) is 0 Å². The lowest BCUT2D eigenvalue weighted by Crippen LogP contribution is -2.67. The topological polar surface area (TPSA) is 9.23 Å². The van der Waals surface area contributed by atoms with E-state index in [-0.39, 0.29) is 11.1 Å². The van der Waals surface area contributed by atoms with Crippen molar-refractivity contribution in [2.75, 3.05) is 0 Å². The predicted molar refractivity (Wildman–Crippen MR) is 138 cm³/mol. The van der Waals surface area contributed by atoms with E-state index in [0.717, 1.165) is 25.7 Å². The molecule has 0 amide bonds. The molecule has 3 rings (SSSR count). The molecule has 0 radical (unpaired) electrons. The summed E-state index contributed by atoms with van der Waals surface area (Å²) in [4.78, 5) is 0. The molecule has 0 unspecified atom stereocenters. The lowest BCUT2D eigenvalue weighted by molar-refractivity contribution is 0.126. The minimum absolute atomic E-state index is 0.00599. The van der Waals surface area contributed by atoms with Gasteiger partial charge in [-0.05, 0) is 40.6 Å². The molecule has 31 heavy (non-hydrogen) atoms. The van der Waals surface area contributed by atoms with E-state index in [4.69, 9.17) is 39.2 Å². The summed E-state index contributed by atoms with van der Waals surface area (Å²) in [7, 11) is -2.51. The number of allylic oxidation sites excluding steroid dienone is 2. The summed E-state index contributed by atoms with van der Waals surface area (Å²) in [6.07, 6.45) is 9.34. The Morgan fingerprint density at radius 1 is 0.903 bits per heavy atom. The Labute approximate surface area is 203 Å². The third-order valence-electron chi connectivity index (χ3n) is 6.18. The van der Waals surface area contributed by atoms with Gasteiger partial charge in [0.25, 0.3) is 8.32 Å². The molecule has 1 nitrogen and oxygen atoms in total. The average Bonchev–Trinajstić information content (AvgIpc) is 2.72. The van der Waals surface area contributed by atoms with Gasteiger partial charge in [0.05, 0.1) is 0 Å². The molecule has 1 fully saturated rings. The molecule has 1 aliphatic carbocycles. The molecule has 2 atom stereocenters. The van der Waals surface area contributed by atoms with E-state index >= 15 is 0 Å². The van der Waals surface area contributed by atoms with E-state index in [0.29, 0.717) is 12.3 Å². The zero-order valence-electron chi connectivity index (χ0n) is 18.7. The SMILES string of the molecule is CC(C)(C)[Si](O[C@H]1CCC[C@@H](/C=C\CC(Cl)(Cl)Cl)C1)(c1ccccc1)c1ccccc1. The van der Waals surface area contributed by atoms with Gasteiger partial charge in [0, 0.05) is 12.5 Å². The normalized spacial score (nSPS) is 20.8. The Hall–Kier alpha value is -0.773. The van der Waals surface area contributed by atoms with Crippen LogP contribution in [0, 0.1) is 5.92 Å². The fraction of sp³-hybridized carbons (Fsp3) is 0.462. The Morgan fingerprint density at radius 3 is 1.94 bits per heavy atom. The molecule has 1 aliphatic rings. The van der Waals surface area contributed by atoms with Crippen LogP contribution in [-0.4, -0.2) is 18.2 Å². The number of benzene rings is 2. The van der Waals surface area contributed by atoms with E-state index in [1.807, 2.05) is 6.08 Å². The summed E-state index contributed by atoms with van der Waals surface area (Å²) in [6.45, 7) is 7.00. The van der Waals surface area contributed by atoms with Crippen LogP contribution in [0.2, 0.25) is 5.04 Å². The maximum atomic E-state index is 7.32. The van der Waals surface area contributed by atoms with Gasteiger partial charge >= 0.3 is 0 Å². The van der Waals surface area contributed by atoms with Gasteiger partial charge in [-0.25, -0.2) is 0 Å². The standard InChI is InChI=1S/C26H33Cl3OSi/c1-25(2,3)31(23-15-6-4-7-16-23,24-17-8-5-9-18-24)30-22-14-10-12-21(20-22)13-11-19-26(27,28)29/h4-9,11,13,15-18,21-22H,10,12,14,19-20H2,1-3H3/b13-11-/t21-,22-/m0/s1. The minimum atomic E-state index is -2.51. The van der Waals surface area contributed by atoms with Crippen LogP contribution < -0.4 is 10.4 Å². The molecule has 1 saturated carbocycles. The van der Waals surface area contributed by atoms with Crippen LogP contribution in [0.1, 0.15) is 52.9 Å². The summed E-state index contributed by atoms with van der Waals surface area (Å²) in [6, 6.07) is 21.7. The van der Waals surface area contributed by atoms with Crippen molar-refractivity contribution >= 4 is 53.5 Å². The summed E-state index contributed by atoms with van der Waals surface area (Å²) < 4.78 is 6.09. The smallest absolute Gasteiger partial charge is 0.261 e. The van der Waals surface area contributed by atoms with Gasteiger partial charge in [0.1, 0.15) is 0 Å². The van der Waals surface area contributed by atoms with Crippen LogP contribution in [-0.2, 0) is 4.43 Å². The molecular formula is C26H33Cl3OSi. The van der Waals surface area contributed by atoms with Crippen molar-refractivity contribution in [3.8, 4) is 0 Å². The third kappa shape index (κ3) is 6.39. The van der Waals surface area contributed by atoms with E-state index in [2.05, 4.69) is 87.5 Å². The number of rotatable bonds is 6. The van der Waals surface area contributed by atoms with Crippen molar-refractivity contribution in [2.24, 2.45) is 5.92 Å². The van der Waals surface area contributed by atoms with Crippen LogP contribution in [0.3, 0.4) is 0 Å². The zero-order valence-corrected chi connectivity index (χ0v) is 21.9.